The van der Waals surface area contributed by atoms with E-state index in [1.165, 1.54) is 12.3 Å². The van der Waals surface area contributed by atoms with Crippen molar-refractivity contribution in [3.8, 4) is 0 Å². The number of hydrogen-bond donors (Lipinski definition) is 0. The van der Waals surface area contributed by atoms with Gasteiger partial charge in [-0.3, -0.25) is 9.78 Å². The van der Waals surface area contributed by atoms with Crippen LogP contribution in [0.5, 0.6) is 0 Å². The standard InChI is InChI=1S/C18H16FN3O2/c19-13-9-15(11-20-10-13)22-17(23)16(8-12-4-2-1-3-5-12)21(18(22)24)14-6-7-14/h1-5,9-11,14,16H,6-8H2. The zero-order valence-electron chi connectivity index (χ0n) is 12.9. The third kappa shape index (κ3) is 2.54. The molecule has 1 atom stereocenters. The molecule has 1 unspecified atom stereocenters. The van der Waals surface area contributed by atoms with E-state index in [0.717, 1.165) is 29.5 Å². The Hall–Kier alpha value is -2.76. The second-order valence-electron chi connectivity index (χ2n) is 6.16. The van der Waals surface area contributed by atoms with E-state index in [9.17, 15) is 14.0 Å². The van der Waals surface area contributed by atoms with Gasteiger partial charge < -0.3 is 4.90 Å². The number of amides is 3. The quantitative estimate of drug-likeness (QED) is 0.812. The normalized spacial score (nSPS) is 20.8. The van der Waals surface area contributed by atoms with Gasteiger partial charge in [0.15, 0.2) is 0 Å². The van der Waals surface area contributed by atoms with Crippen LogP contribution in [0.4, 0.5) is 14.9 Å². The van der Waals surface area contributed by atoms with Crippen molar-refractivity contribution in [3.63, 3.8) is 0 Å². The Kier molecular flexibility index (Phi) is 3.52. The molecule has 2 heterocycles. The van der Waals surface area contributed by atoms with E-state index in [2.05, 4.69) is 4.98 Å². The topological polar surface area (TPSA) is 53.5 Å². The van der Waals surface area contributed by atoms with E-state index < -0.39 is 11.9 Å². The van der Waals surface area contributed by atoms with Crippen LogP contribution in [0, 0.1) is 5.82 Å². The molecule has 1 aromatic heterocycles. The van der Waals surface area contributed by atoms with Crippen LogP contribution in [0.1, 0.15) is 18.4 Å². The van der Waals surface area contributed by atoms with Crippen LogP contribution in [0.2, 0.25) is 0 Å². The highest BCUT2D eigenvalue weighted by atomic mass is 19.1. The van der Waals surface area contributed by atoms with Gasteiger partial charge in [-0.05, 0) is 18.4 Å². The van der Waals surface area contributed by atoms with Gasteiger partial charge in [0.2, 0.25) is 0 Å². The monoisotopic (exact) mass is 325 g/mol. The van der Waals surface area contributed by atoms with Crippen LogP contribution in [-0.2, 0) is 11.2 Å². The molecule has 0 N–H and O–H groups in total. The summed E-state index contributed by atoms with van der Waals surface area (Å²) in [6.45, 7) is 0. The number of imide groups is 1. The van der Waals surface area contributed by atoms with Crippen LogP contribution < -0.4 is 4.90 Å². The summed E-state index contributed by atoms with van der Waals surface area (Å²) in [5.41, 5.74) is 1.18. The Bertz CT molecular complexity index is 792. The third-order valence-corrected chi connectivity index (χ3v) is 4.41. The summed E-state index contributed by atoms with van der Waals surface area (Å²) in [6, 6.07) is 9.95. The van der Waals surface area contributed by atoms with Crippen molar-refractivity contribution in [1.82, 2.24) is 9.88 Å². The molecule has 0 radical (unpaired) electrons. The second kappa shape index (κ2) is 5.70. The van der Waals surface area contributed by atoms with Gasteiger partial charge in [0.25, 0.3) is 5.91 Å². The summed E-state index contributed by atoms with van der Waals surface area (Å²) in [6.07, 6.45) is 4.66. The van der Waals surface area contributed by atoms with Crippen molar-refractivity contribution in [2.75, 3.05) is 4.90 Å². The third-order valence-electron chi connectivity index (χ3n) is 4.41. The van der Waals surface area contributed by atoms with Crippen molar-refractivity contribution in [3.05, 3.63) is 60.2 Å². The van der Waals surface area contributed by atoms with Crippen LogP contribution in [0.15, 0.2) is 48.8 Å². The lowest BCUT2D eigenvalue weighted by Gasteiger charge is -2.21. The Morgan fingerprint density at radius 3 is 2.54 bits per heavy atom. The van der Waals surface area contributed by atoms with Crippen molar-refractivity contribution < 1.29 is 14.0 Å². The minimum Gasteiger partial charge on any atom is -0.309 e. The van der Waals surface area contributed by atoms with Crippen molar-refractivity contribution in [2.24, 2.45) is 0 Å². The lowest BCUT2D eigenvalue weighted by atomic mass is 10.0. The van der Waals surface area contributed by atoms with Gasteiger partial charge in [-0.1, -0.05) is 30.3 Å². The first-order chi connectivity index (χ1) is 11.6. The fraction of sp³-hybridized carbons (Fsp3) is 0.278. The summed E-state index contributed by atoms with van der Waals surface area (Å²) in [4.78, 5) is 32.1. The number of aromatic nitrogens is 1. The van der Waals surface area contributed by atoms with Crippen molar-refractivity contribution in [2.45, 2.75) is 31.3 Å². The Morgan fingerprint density at radius 2 is 1.88 bits per heavy atom. The molecule has 0 bridgehead atoms. The molecule has 122 valence electrons. The summed E-state index contributed by atoms with van der Waals surface area (Å²) >= 11 is 0. The number of rotatable bonds is 4. The molecule has 1 saturated carbocycles. The first-order valence-corrected chi connectivity index (χ1v) is 7.96. The number of hydrogen-bond acceptors (Lipinski definition) is 3. The minimum absolute atomic E-state index is 0.0988. The fourth-order valence-corrected chi connectivity index (χ4v) is 3.16. The number of benzene rings is 1. The van der Waals surface area contributed by atoms with Gasteiger partial charge in [-0.2, -0.15) is 0 Å². The lowest BCUT2D eigenvalue weighted by molar-refractivity contribution is -0.119. The van der Waals surface area contributed by atoms with Crippen molar-refractivity contribution >= 4 is 17.6 Å². The Morgan fingerprint density at radius 1 is 1.12 bits per heavy atom. The summed E-state index contributed by atoms with van der Waals surface area (Å²) in [5.74, 6) is -0.888. The van der Waals surface area contributed by atoms with Gasteiger partial charge in [0.05, 0.1) is 18.1 Å². The van der Waals surface area contributed by atoms with E-state index in [1.54, 1.807) is 4.90 Å². The molecule has 3 amide bonds. The fourth-order valence-electron chi connectivity index (χ4n) is 3.16. The predicted octanol–water partition coefficient (Wildman–Crippen LogP) is 2.76. The number of halogens is 1. The molecule has 1 aromatic carbocycles. The molecule has 1 saturated heterocycles. The van der Waals surface area contributed by atoms with Crippen LogP contribution in [0.3, 0.4) is 0 Å². The average molecular weight is 325 g/mol. The van der Waals surface area contributed by atoms with Gasteiger partial charge >= 0.3 is 6.03 Å². The second-order valence-corrected chi connectivity index (χ2v) is 6.16. The average Bonchev–Trinajstić information content (AvgIpc) is 3.37. The number of urea groups is 1. The van der Waals surface area contributed by atoms with Crippen LogP contribution in [0.25, 0.3) is 0 Å². The minimum atomic E-state index is -0.572. The molecule has 2 aromatic rings. The van der Waals surface area contributed by atoms with E-state index in [-0.39, 0.29) is 23.7 Å². The summed E-state index contributed by atoms with van der Waals surface area (Å²) in [5, 5.41) is 0. The molecule has 2 aliphatic rings. The summed E-state index contributed by atoms with van der Waals surface area (Å²) < 4.78 is 13.5. The smallest absolute Gasteiger partial charge is 0.309 e. The zero-order chi connectivity index (χ0) is 16.7. The number of nitrogens with zero attached hydrogens (tertiary/aromatic N) is 3. The molecule has 4 rings (SSSR count). The lowest BCUT2D eigenvalue weighted by Crippen LogP contribution is -2.38. The molecule has 2 fully saturated rings. The van der Waals surface area contributed by atoms with E-state index >= 15 is 0 Å². The highest BCUT2D eigenvalue weighted by molar-refractivity contribution is 6.21. The van der Waals surface area contributed by atoms with E-state index in [0.29, 0.717) is 6.42 Å². The maximum atomic E-state index is 13.5. The van der Waals surface area contributed by atoms with Gasteiger partial charge in [0.1, 0.15) is 11.9 Å². The SMILES string of the molecule is O=C1C(Cc2ccccc2)N(C2CC2)C(=O)N1c1cncc(F)c1. The predicted molar refractivity (Wildman–Crippen MR) is 85.9 cm³/mol. The molecule has 1 aliphatic heterocycles. The molecular formula is C18H16FN3O2. The molecule has 24 heavy (non-hydrogen) atoms. The van der Waals surface area contributed by atoms with Gasteiger partial charge in [-0.25, -0.2) is 14.1 Å². The number of carbonyl (C=O) groups is 2. The number of anilines is 1. The van der Waals surface area contributed by atoms with Crippen molar-refractivity contribution in [1.29, 1.82) is 0 Å². The van der Waals surface area contributed by atoms with E-state index in [4.69, 9.17) is 0 Å². The van der Waals surface area contributed by atoms with E-state index in [1.807, 2.05) is 30.3 Å². The first kappa shape index (κ1) is 14.8. The molecule has 5 nitrogen and oxygen atoms in total. The highest BCUT2D eigenvalue weighted by Gasteiger charge is 2.51. The Labute approximate surface area is 138 Å². The van der Waals surface area contributed by atoms with Crippen LogP contribution in [-0.4, -0.2) is 33.9 Å². The maximum absolute atomic E-state index is 13.5. The zero-order valence-corrected chi connectivity index (χ0v) is 12.9. The van der Waals surface area contributed by atoms with Gasteiger partial charge in [0, 0.05) is 18.5 Å². The molecule has 1 aliphatic carbocycles. The number of carbonyl (C=O) groups excluding carboxylic acids is 2. The first-order valence-electron chi connectivity index (χ1n) is 7.96. The molecule has 6 heteroatoms. The number of pyridine rings is 1. The largest absolute Gasteiger partial charge is 0.332 e. The maximum Gasteiger partial charge on any atom is 0.332 e. The van der Waals surface area contributed by atoms with Crippen LogP contribution >= 0.6 is 0 Å². The summed E-state index contributed by atoms with van der Waals surface area (Å²) in [7, 11) is 0. The van der Waals surface area contributed by atoms with Gasteiger partial charge in [-0.15, -0.1) is 0 Å². The highest BCUT2D eigenvalue weighted by Crippen LogP contribution is 2.36. The molecular weight excluding hydrogens is 309 g/mol. The Balaban J connectivity index is 1.68. The molecule has 0 spiro atoms.